The Kier molecular flexibility index (Phi) is 58.0. The van der Waals surface area contributed by atoms with Crippen LogP contribution in [-0.4, -0.2) is 63.6 Å². The summed E-state index contributed by atoms with van der Waals surface area (Å²) in [7, 11) is 0. The Hall–Kier alpha value is -1.51. The second-order valence-corrected chi connectivity index (χ2v) is 24.4. The van der Waals surface area contributed by atoms with Crippen molar-refractivity contribution in [2.45, 2.75) is 418 Å². The zero-order valence-corrected chi connectivity index (χ0v) is 52.1. The maximum absolute atomic E-state index is 13.9. The SMILES string of the molecule is CCCCCCCCCCCCCCCCCCCCCCCCCC[C@](OC(=O)CCCCCCCCCCCCCCCCC)(C(C)=O)[C@@H](OC(=O)CCCCCCCCCCCCCCCCC)[C@H](O)[C@H](O)CO. The predicted octanol–water partition coefficient (Wildman–Crippen LogP) is 20.8. The Morgan fingerprint density at radius 1 is 0.338 bits per heavy atom. The van der Waals surface area contributed by atoms with Crippen molar-refractivity contribution in [1.29, 1.82) is 0 Å². The van der Waals surface area contributed by atoms with E-state index in [1.807, 2.05) is 0 Å². The van der Waals surface area contributed by atoms with Crippen LogP contribution in [0.2, 0.25) is 0 Å². The minimum atomic E-state index is -1.97. The topological polar surface area (TPSA) is 130 Å². The van der Waals surface area contributed by atoms with Gasteiger partial charge >= 0.3 is 11.9 Å². The van der Waals surface area contributed by atoms with Crippen molar-refractivity contribution in [3.63, 3.8) is 0 Å². The normalized spacial score (nSPS) is 13.6. The minimum absolute atomic E-state index is 0.0678. The Balaban J connectivity index is 5.06. The largest absolute Gasteiger partial charge is 0.455 e. The number of hydrogen-bond donors (Lipinski definition) is 3. The number of rotatable bonds is 64. The molecule has 0 rings (SSSR count). The van der Waals surface area contributed by atoms with Gasteiger partial charge in [-0.25, -0.2) is 0 Å². The van der Waals surface area contributed by atoms with Crippen LogP contribution in [0.5, 0.6) is 0 Å². The summed E-state index contributed by atoms with van der Waals surface area (Å²) in [6, 6.07) is 0. The molecule has 0 aromatic heterocycles. The van der Waals surface area contributed by atoms with Crippen LogP contribution in [0.3, 0.4) is 0 Å². The number of aliphatic hydroxyl groups excluding tert-OH is 3. The molecular formula is C69H134O8. The molecule has 0 fully saturated rings. The van der Waals surface area contributed by atoms with E-state index in [4.69, 9.17) is 9.47 Å². The predicted molar refractivity (Wildman–Crippen MR) is 329 cm³/mol. The second-order valence-electron chi connectivity index (χ2n) is 24.4. The fraction of sp³-hybridized carbons (Fsp3) is 0.957. The first kappa shape index (κ1) is 75.5. The molecule has 0 radical (unpaired) electrons. The third-order valence-electron chi connectivity index (χ3n) is 16.9. The van der Waals surface area contributed by atoms with Gasteiger partial charge in [0, 0.05) is 12.8 Å². The van der Waals surface area contributed by atoms with Crippen LogP contribution in [0.1, 0.15) is 394 Å². The molecule has 0 aromatic carbocycles. The van der Waals surface area contributed by atoms with Crippen molar-refractivity contribution >= 4 is 17.7 Å². The fourth-order valence-corrected chi connectivity index (χ4v) is 11.5. The van der Waals surface area contributed by atoms with Crippen molar-refractivity contribution in [1.82, 2.24) is 0 Å². The highest BCUT2D eigenvalue weighted by Gasteiger charge is 2.53. The zero-order valence-electron chi connectivity index (χ0n) is 52.1. The summed E-state index contributed by atoms with van der Waals surface area (Å²) in [5.41, 5.74) is -1.97. The Morgan fingerprint density at radius 2 is 0.558 bits per heavy atom. The molecule has 0 aliphatic heterocycles. The molecule has 458 valence electrons. The van der Waals surface area contributed by atoms with Gasteiger partial charge in [-0.2, -0.15) is 0 Å². The molecule has 8 heteroatoms. The number of hydrogen-bond acceptors (Lipinski definition) is 8. The number of carbonyl (C=O) groups excluding carboxylic acids is 3. The second kappa shape index (κ2) is 59.1. The van der Waals surface area contributed by atoms with Gasteiger partial charge in [0.15, 0.2) is 11.9 Å². The standard InChI is InChI=1S/C69H134O8/c1-5-8-11-14-17-20-23-26-29-30-31-32-33-34-35-36-37-40-43-46-49-52-55-58-61-69(63(4)71,77-66(74)60-57-54-51-48-45-42-39-28-25-22-19-16-13-10-7-3)68(67(75)64(72)62-70)76-65(73)59-56-53-50-47-44-41-38-27-24-21-18-15-12-9-6-2/h64,67-68,70,72,75H,5-62H2,1-4H3/t64-,67-,68+,69+/m1/s1. The van der Waals surface area contributed by atoms with Crippen molar-refractivity contribution in [3.8, 4) is 0 Å². The van der Waals surface area contributed by atoms with E-state index >= 15 is 0 Å². The summed E-state index contributed by atoms with van der Waals surface area (Å²) in [6.07, 6.45) is 62.1. The lowest BCUT2D eigenvalue weighted by molar-refractivity contribution is -0.211. The molecule has 77 heavy (non-hydrogen) atoms. The van der Waals surface area contributed by atoms with E-state index in [-0.39, 0.29) is 19.3 Å². The summed E-state index contributed by atoms with van der Waals surface area (Å²) in [6.45, 7) is 7.34. The molecular weight excluding hydrogens is 957 g/mol. The molecule has 0 spiro atoms. The molecule has 0 aromatic rings. The van der Waals surface area contributed by atoms with Gasteiger partial charge in [-0.05, 0) is 32.6 Å². The highest BCUT2D eigenvalue weighted by molar-refractivity contribution is 5.89. The van der Waals surface area contributed by atoms with Crippen LogP contribution in [0.4, 0.5) is 0 Å². The monoisotopic (exact) mass is 1090 g/mol. The molecule has 4 atom stereocenters. The zero-order chi connectivity index (χ0) is 56.4. The van der Waals surface area contributed by atoms with E-state index in [0.29, 0.717) is 19.3 Å². The number of unbranched alkanes of at least 4 members (excludes halogenated alkanes) is 51. The molecule has 0 saturated carbocycles. The van der Waals surface area contributed by atoms with E-state index in [1.54, 1.807) is 0 Å². The Bertz CT molecular complexity index is 1240. The smallest absolute Gasteiger partial charge is 0.306 e. The third kappa shape index (κ3) is 47.8. The molecule has 3 N–H and O–H groups in total. The quantitative estimate of drug-likeness (QED) is 0.0406. The first-order valence-electron chi connectivity index (χ1n) is 34.6. The first-order valence-corrected chi connectivity index (χ1v) is 34.6. The number of ether oxygens (including phenoxy) is 2. The number of ketones is 1. The average molecular weight is 1090 g/mol. The van der Waals surface area contributed by atoms with Gasteiger partial charge in [-0.3, -0.25) is 14.4 Å². The molecule has 8 nitrogen and oxygen atoms in total. The molecule has 0 saturated heterocycles. The number of Topliss-reactive ketones (excluding diaryl/α,β-unsaturated/α-hetero) is 1. The van der Waals surface area contributed by atoms with Gasteiger partial charge in [0.2, 0.25) is 5.60 Å². The van der Waals surface area contributed by atoms with Crippen LogP contribution < -0.4 is 0 Å². The van der Waals surface area contributed by atoms with Crippen molar-refractivity contribution in [2.75, 3.05) is 6.61 Å². The lowest BCUT2D eigenvalue weighted by Gasteiger charge is -2.40. The average Bonchev–Trinajstić information content (AvgIpc) is 3.42. The minimum Gasteiger partial charge on any atom is -0.455 e. The van der Waals surface area contributed by atoms with Crippen LogP contribution in [-0.2, 0) is 23.9 Å². The van der Waals surface area contributed by atoms with E-state index in [2.05, 4.69) is 20.8 Å². The van der Waals surface area contributed by atoms with Gasteiger partial charge in [0.05, 0.1) is 6.61 Å². The maximum Gasteiger partial charge on any atom is 0.306 e. The highest BCUT2D eigenvalue weighted by Crippen LogP contribution is 2.33. The summed E-state index contributed by atoms with van der Waals surface area (Å²) in [4.78, 5) is 41.1. The van der Waals surface area contributed by atoms with E-state index in [0.717, 1.165) is 64.2 Å². The Morgan fingerprint density at radius 3 is 0.792 bits per heavy atom. The lowest BCUT2D eigenvalue weighted by Crippen LogP contribution is -2.61. The van der Waals surface area contributed by atoms with Gasteiger partial charge in [0.25, 0.3) is 0 Å². The first-order chi connectivity index (χ1) is 37.7. The van der Waals surface area contributed by atoms with E-state index < -0.39 is 48.2 Å². The Labute approximate surface area is 479 Å². The molecule has 0 unspecified atom stereocenters. The molecule has 0 aliphatic carbocycles. The summed E-state index contributed by atoms with van der Waals surface area (Å²) < 4.78 is 12.1. The van der Waals surface area contributed by atoms with Crippen LogP contribution in [0.25, 0.3) is 0 Å². The summed E-state index contributed by atoms with van der Waals surface area (Å²) in [5, 5.41) is 32.2. The molecule has 0 bridgehead atoms. The number of carbonyl (C=O) groups is 3. The summed E-state index contributed by atoms with van der Waals surface area (Å²) in [5.74, 6) is -1.68. The van der Waals surface area contributed by atoms with Crippen molar-refractivity contribution < 1.29 is 39.2 Å². The number of aliphatic hydroxyl groups is 3. The summed E-state index contributed by atoms with van der Waals surface area (Å²) >= 11 is 0. The highest BCUT2D eigenvalue weighted by atomic mass is 16.6. The van der Waals surface area contributed by atoms with E-state index in [9.17, 15) is 29.7 Å². The lowest BCUT2D eigenvalue weighted by atomic mass is 9.81. The van der Waals surface area contributed by atoms with Gasteiger partial charge < -0.3 is 24.8 Å². The van der Waals surface area contributed by atoms with E-state index in [1.165, 1.54) is 270 Å². The molecule has 0 amide bonds. The number of esters is 2. The van der Waals surface area contributed by atoms with Gasteiger partial charge in [-0.1, -0.05) is 348 Å². The third-order valence-corrected chi connectivity index (χ3v) is 16.9. The molecule has 0 heterocycles. The maximum atomic E-state index is 13.9. The molecule has 0 aliphatic rings. The van der Waals surface area contributed by atoms with Crippen LogP contribution in [0, 0.1) is 0 Å². The van der Waals surface area contributed by atoms with Crippen molar-refractivity contribution in [2.24, 2.45) is 0 Å². The van der Waals surface area contributed by atoms with Gasteiger partial charge in [0.1, 0.15) is 12.2 Å². The fourth-order valence-electron chi connectivity index (χ4n) is 11.5. The van der Waals surface area contributed by atoms with Gasteiger partial charge in [-0.15, -0.1) is 0 Å². The van der Waals surface area contributed by atoms with Crippen molar-refractivity contribution in [3.05, 3.63) is 0 Å². The van der Waals surface area contributed by atoms with Crippen LogP contribution in [0.15, 0.2) is 0 Å². The van der Waals surface area contributed by atoms with Crippen LogP contribution >= 0.6 is 0 Å².